The smallest absolute Gasteiger partial charge is 0.145 e. The first kappa shape index (κ1) is 13.0. The number of hydrogen-bond acceptors (Lipinski definition) is 2. The number of carbonyl (C=O) groups excluding carboxylic acids is 2. The maximum absolute atomic E-state index is 9.89. The highest BCUT2D eigenvalue weighted by atomic mass is 16.1. The van der Waals surface area contributed by atoms with Crippen molar-refractivity contribution in [2.75, 3.05) is 0 Å². The predicted molar refractivity (Wildman–Crippen MR) is 62.4 cm³/mol. The molecule has 15 heavy (non-hydrogen) atoms. The summed E-state index contributed by atoms with van der Waals surface area (Å²) in [5, 5.41) is 0. The minimum atomic E-state index is 0.574. The van der Waals surface area contributed by atoms with E-state index in [1.54, 1.807) is 13.0 Å². The van der Waals surface area contributed by atoms with E-state index in [0.29, 0.717) is 5.57 Å². The van der Waals surface area contributed by atoms with Gasteiger partial charge in [0.15, 0.2) is 0 Å². The van der Waals surface area contributed by atoms with Crippen LogP contribution in [0.5, 0.6) is 0 Å². The third kappa shape index (κ3) is 8.37. The molecule has 1 aromatic carbocycles. The highest BCUT2D eigenvalue weighted by Crippen LogP contribution is 1.99. The molecule has 0 aromatic heterocycles. The summed E-state index contributed by atoms with van der Waals surface area (Å²) in [7, 11) is 0. The second-order valence-corrected chi connectivity index (χ2v) is 2.87. The van der Waals surface area contributed by atoms with Gasteiger partial charge in [0.05, 0.1) is 0 Å². The van der Waals surface area contributed by atoms with E-state index in [4.69, 9.17) is 0 Å². The Morgan fingerprint density at radius 3 is 2.13 bits per heavy atom. The van der Waals surface area contributed by atoms with Crippen LogP contribution in [0, 0.1) is 0 Å². The van der Waals surface area contributed by atoms with Crippen molar-refractivity contribution in [3.8, 4) is 0 Å². The van der Waals surface area contributed by atoms with Crippen molar-refractivity contribution >= 4 is 18.6 Å². The van der Waals surface area contributed by atoms with Crippen LogP contribution in [0.25, 0.3) is 6.08 Å². The van der Waals surface area contributed by atoms with Gasteiger partial charge in [-0.05, 0) is 24.1 Å². The first-order valence-electron chi connectivity index (χ1n) is 4.48. The number of carbonyl (C=O) groups is 2. The van der Waals surface area contributed by atoms with E-state index in [1.807, 2.05) is 30.3 Å². The van der Waals surface area contributed by atoms with Crippen LogP contribution in [-0.2, 0) is 9.59 Å². The average molecular weight is 202 g/mol. The summed E-state index contributed by atoms with van der Waals surface area (Å²) < 4.78 is 0. The van der Waals surface area contributed by atoms with Crippen molar-refractivity contribution in [2.45, 2.75) is 6.92 Å². The number of aldehydes is 2. The summed E-state index contributed by atoms with van der Waals surface area (Å²) in [6, 6.07) is 9.70. The SMILES string of the molecule is C=C(C)C=O.O=CC=Cc1ccccc1. The van der Waals surface area contributed by atoms with E-state index in [9.17, 15) is 9.59 Å². The van der Waals surface area contributed by atoms with E-state index in [1.165, 1.54) is 6.08 Å². The topological polar surface area (TPSA) is 34.1 Å². The Labute approximate surface area is 89.9 Å². The lowest BCUT2D eigenvalue weighted by Gasteiger charge is -1.86. The lowest BCUT2D eigenvalue weighted by atomic mass is 10.2. The van der Waals surface area contributed by atoms with Gasteiger partial charge in [-0.15, -0.1) is 0 Å². The molecule has 0 fully saturated rings. The van der Waals surface area contributed by atoms with Gasteiger partial charge >= 0.3 is 0 Å². The lowest BCUT2D eigenvalue weighted by Crippen LogP contribution is -1.67. The van der Waals surface area contributed by atoms with Gasteiger partial charge in [-0.1, -0.05) is 43.0 Å². The van der Waals surface area contributed by atoms with Gasteiger partial charge in [0, 0.05) is 0 Å². The molecular weight excluding hydrogens is 188 g/mol. The maximum Gasteiger partial charge on any atom is 0.145 e. The summed E-state index contributed by atoms with van der Waals surface area (Å²) in [5.74, 6) is 0. The van der Waals surface area contributed by atoms with Crippen LogP contribution in [0.1, 0.15) is 12.5 Å². The summed E-state index contributed by atoms with van der Waals surface area (Å²) in [4.78, 5) is 19.3. The molecule has 0 spiro atoms. The molecule has 0 saturated heterocycles. The lowest BCUT2D eigenvalue weighted by molar-refractivity contribution is -0.105. The fourth-order valence-electron chi connectivity index (χ4n) is 0.715. The van der Waals surface area contributed by atoms with Gasteiger partial charge in [0.25, 0.3) is 0 Å². The fraction of sp³-hybridized carbons (Fsp3) is 0.0769. The van der Waals surface area contributed by atoms with Crippen molar-refractivity contribution in [3.63, 3.8) is 0 Å². The Balaban J connectivity index is 0.000000336. The minimum absolute atomic E-state index is 0.574. The second-order valence-electron chi connectivity index (χ2n) is 2.87. The van der Waals surface area contributed by atoms with Crippen molar-refractivity contribution in [1.29, 1.82) is 0 Å². The molecule has 0 aliphatic heterocycles. The van der Waals surface area contributed by atoms with Gasteiger partial charge in [-0.3, -0.25) is 9.59 Å². The molecule has 0 bridgehead atoms. The Hall–Kier alpha value is -1.96. The Bertz CT molecular complexity index is 337. The average Bonchev–Trinajstić information content (AvgIpc) is 2.28. The fourth-order valence-corrected chi connectivity index (χ4v) is 0.715. The molecule has 0 atom stereocenters. The van der Waals surface area contributed by atoms with Crippen LogP contribution in [0.15, 0.2) is 48.6 Å². The zero-order valence-electron chi connectivity index (χ0n) is 8.72. The molecule has 0 saturated carbocycles. The molecule has 0 aliphatic rings. The molecule has 0 heterocycles. The zero-order valence-corrected chi connectivity index (χ0v) is 8.72. The first-order valence-corrected chi connectivity index (χ1v) is 4.48. The van der Waals surface area contributed by atoms with Crippen molar-refractivity contribution in [2.24, 2.45) is 0 Å². The largest absolute Gasteiger partial charge is 0.299 e. The summed E-state index contributed by atoms with van der Waals surface area (Å²) in [6.45, 7) is 4.97. The van der Waals surface area contributed by atoms with Gasteiger partial charge in [-0.2, -0.15) is 0 Å². The summed E-state index contributed by atoms with van der Waals surface area (Å²) in [6.07, 6.45) is 4.75. The minimum Gasteiger partial charge on any atom is -0.299 e. The van der Waals surface area contributed by atoms with Crippen molar-refractivity contribution in [1.82, 2.24) is 0 Å². The predicted octanol–water partition coefficient (Wildman–Crippen LogP) is 2.66. The van der Waals surface area contributed by atoms with Crippen LogP contribution in [-0.4, -0.2) is 12.6 Å². The third-order valence-electron chi connectivity index (χ3n) is 1.37. The van der Waals surface area contributed by atoms with Crippen LogP contribution in [0.4, 0.5) is 0 Å². The molecule has 1 rings (SSSR count). The highest BCUT2D eigenvalue weighted by molar-refractivity contribution is 5.73. The zero-order chi connectivity index (χ0) is 11.5. The molecular formula is C13H14O2. The Kier molecular flexibility index (Phi) is 7.50. The monoisotopic (exact) mass is 202 g/mol. The highest BCUT2D eigenvalue weighted by Gasteiger charge is 1.79. The van der Waals surface area contributed by atoms with Crippen molar-refractivity contribution in [3.05, 3.63) is 54.1 Å². The molecule has 0 unspecified atom stereocenters. The molecule has 78 valence electrons. The van der Waals surface area contributed by atoms with Crippen LogP contribution in [0.3, 0.4) is 0 Å². The molecule has 0 aliphatic carbocycles. The van der Waals surface area contributed by atoms with E-state index in [-0.39, 0.29) is 0 Å². The van der Waals surface area contributed by atoms with Gasteiger partial charge < -0.3 is 0 Å². The van der Waals surface area contributed by atoms with Crippen LogP contribution >= 0.6 is 0 Å². The van der Waals surface area contributed by atoms with Crippen molar-refractivity contribution < 1.29 is 9.59 Å². The van der Waals surface area contributed by atoms with Gasteiger partial charge in [0.2, 0.25) is 0 Å². The van der Waals surface area contributed by atoms with Gasteiger partial charge in [0.1, 0.15) is 12.6 Å². The Morgan fingerprint density at radius 2 is 1.73 bits per heavy atom. The number of rotatable bonds is 3. The standard InChI is InChI=1S/C9H8O.C4H6O/c10-8-4-7-9-5-2-1-3-6-9;1-4(2)3-5/h1-8H;3H,1H2,2H3. The Morgan fingerprint density at radius 1 is 1.20 bits per heavy atom. The van der Waals surface area contributed by atoms with Gasteiger partial charge in [-0.25, -0.2) is 0 Å². The van der Waals surface area contributed by atoms with E-state index < -0.39 is 0 Å². The molecule has 0 radical (unpaired) electrons. The molecule has 0 amide bonds. The number of benzene rings is 1. The summed E-state index contributed by atoms with van der Waals surface area (Å²) >= 11 is 0. The maximum atomic E-state index is 9.89. The quantitative estimate of drug-likeness (QED) is 0.557. The molecule has 2 nitrogen and oxygen atoms in total. The molecule has 2 heteroatoms. The molecule has 1 aromatic rings. The van der Waals surface area contributed by atoms with E-state index in [0.717, 1.165) is 18.1 Å². The third-order valence-corrected chi connectivity index (χ3v) is 1.37. The number of allylic oxidation sites excluding steroid dienone is 2. The van der Waals surface area contributed by atoms with E-state index in [2.05, 4.69) is 6.58 Å². The van der Waals surface area contributed by atoms with E-state index >= 15 is 0 Å². The number of hydrogen-bond donors (Lipinski definition) is 0. The van der Waals surface area contributed by atoms with Crippen LogP contribution in [0.2, 0.25) is 0 Å². The normalized spacial score (nSPS) is 8.87. The summed E-state index contributed by atoms with van der Waals surface area (Å²) in [5.41, 5.74) is 1.62. The van der Waals surface area contributed by atoms with Crippen LogP contribution < -0.4 is 0 Å². The second kappa shape index (κ2) is 8.63. The first-order chi connectivity index (χ1) is 7.20. The molecule has 0 N–H and O–H groups in total.